The van der Waals surface area contributed by atoms with Crippen molar-refractivity contribution in [3.63, 3.8) is 0 Å². The molecule has 0 bridgehead atoms. The lowest BCUT2D eigenvalue weighted by Gasteiger charge is -2.22. The highest BCUT2D eigenvalue weighted by molar-refractivity contribution is 5.81. The summed E-state index contributed by atoms with van der Waals surface area (Å²) < 4.78 is 0. The Morgan fingerprint density at radius 3 is 2.87 bits per heavy atom. The molecule has 0 spiro atoms. The molecule has 88 valence electrons. The molecule has 1 aliphatic heterocycles. The van der Waals surface area contributed by atoms with Crippen molar-refractivity contribution >= 4 is 5.91 Å². The maximum Gasteiger partial charge on any atom is 0.237 e. The number of likely N-dealkylation sites (tertiary alicyclic amines) is 1. The highest BCUT2D eigenvalue weighted by atomic mass is 16.2. The van der Waals surface area contributed by atoms with E-state index in [4.69, 9.17) is 0 Å². The van der Waals surface area contributed by atoms with Crippen LogP contribution in [0.15, 0.2) is 0 Å². The van der Waals surface area contributed by atoms with Crippen molar-refractivity contribution in [1.29, 1.82) is 0 Å². The van der Waals surface area contributed by atoms with Gasteiger partial charge in [0.05, 0.1) is 6.04 Å². The van der Waals surface area contributed by atoms with Gasteiger partial charge in [-0.2, -0.15) is 0 Å². The van der Waals surface area contributed by atoms with E-state index in [9.17, 15) is 4.79 Å². The minimum atomic E-state index is 0.150. The van der Waals surface area contributed by atoms with Crippen molar-refractivity contribution in [3.05, 3.63) is 0 Å². The average molecular weight is 212 g/mol. The topological polar surface area (TPSA) is 32.3 Å². The van der Waals surface area contributed by atoms with Crippen molar-refractivity contribution in [3.8, 4) is 0 Å². The number of rotatable bonds is 6. The molecule has 1 fully saturated rings. The normalized spacial score (nSPS) is 21.9. The number of carbonyl (C=O) groups is 1. The van der Waals surface area contributed by atoms with E-state index in [1.807, 2.05) is 0 Å². The van der Waals surface area contributed by atoms with Crippen LogP contribution in [0.2, 0.25) is 0 Å². The van der Waals surface area contributed by atoms with Crippen LogP contribution in [-0.4, -0.2) is 37.0 Å². The molecule has 0 aliphatic carbocycles. The lowest BCUT2D eigenvalue weighted by molar-refractivity contribution is -0.124. The van der Waals surface area contributed by atoms with Crippen LogP contribution in [0.1, 0.15) is 45.4 Å². The molecule has 3 nitrogen and oxygen atoms in total. The van der Waals surface area contributed by atoms with Crippen molar-refractivity contribution in [1.82, 2.24) is 10.2 Å². The van der Waals surface area contributed by atoms with Crippen molar-refractivity contribution in [2.75, 3.05) is 20.1 Å². The van der Waals surface area contributed by atoms with Crippen LogP contribution >= 0.6 is 0 Å². The van der Waals surface area contributed by atoms with Gasteiger partial charge in [-0.05, 0) is 32.4 Å². The van der Waals surface area contributed by atoms with E-state index in [-0.39, 0.29) is 11.9 Å². The summed E-state index contributed by atoms with van der Waals surface area (Å²) in [5.41, 5.74) is 0. The Labute approximate surface area is 93.2 Å². The highest BCUT2D eigenvalue weighted by Crippen LogP contribution is 2.18. The smallest absolute Gasteiger partial charge is 0.237 e. The molecular weight excluding hydrogens is 188 g/mol. The summed E-state index contributed by atoms with van der Waals surface area (Å²) >= 11 is 0. The minimum Gasteiger partial charge on any atom is -0.358 e. The molecule has 1 unspecified atom stereocenters. The molecule has 1 heterocycles. The van der Waals surface area contributed by atoms with Crippen molar-refractivity contribution < 1.29 is 4.79 Å². The molecule has 0 aromatic carbocycles. The standard InChI is InChI=1S/C12H24N2O/c1-3-4-5-6-9-14-10-7-8-11(14)12(15)13-2/h11H,3-10H2,1-2H3,(H,13,15). The molecule has 0 aromatic rings. The third kappa shape index (κ3) is 3.82. The zero-order valence-electron chi connectivity index (χ0n) is 10.1. The summed E-state index contributed by atoms with van der Waals surface area (Å²) in [7, 11) is 1.73. The average Bonchev–Trinajstić information content (AvgIpc) is 2.71. The summed E-state index contributed by atoms with van der Waals surface area (Å²) in [5, 5.41) is 2.76. The first-order valence-corrected chi connectivity index (χ1v) is 6.25. The van der Waals surface area contributed by atoms with Gasteiger partial charge in [-0.1, -0.05) is 26.2 Å². The Morgan fingerprint density at radius 1 is 1.40 bits per heavy atom. The fourth-order valence-corrected chi connectivity index (χ4v) is 2.30. The molecule has 1 saturated heterocycles. The number of hydrogen-bond acceptors (Lipinski definition) is 2. The number of carbonyl (C=O) groups excluding carboxylic acids is 1. The highest BCUT2D eigenvalue weighted by Gasteiger charge is 2.28. The second-order valence-electron chi connectivity index (χ2n) is 4.37. The van der Waals surface area contributed by atoms with E-state index in [1.165, 1.54) is 32.1 Å². The maximum atomic E-state index is 11.6. The van der Waals surface area contributed by atoms with Gasteiger partial charge in [0.1, 0.15) is 0 Å². The number of likely N-dealkylation sites (N-methyl/N-ethyl adjacent to an activating group) is 1. The van der Waals surface area contributed by atoms with Crippen molar-refractivity contribution in [2.45, 2.75) is 51.5 Å². The van der Waals surface area contributed by atoms with Crippen LogP contribution in [0.4, 0.5) is 0 Å². The van der Waals surface area contributed by atoms with Crippen LogP contribution in [0.5, 0.6) is 0 Å². The Morgan fingerprint density at radius 2 is 2.20 bits per heavy atom. The third-order valence-electron chi connectivity index (χ3n) is 3.21. The molecular formula is C12H24N2O. The first-order valence-electron chi connectivity index (χ1n) is 6.25. The second-order valence-corrected chi connectivity index (χ2v) is 4.37. The van der Waals surface area contributed by atoms with Gasteiger partial charge in [-0.3, -0.25) is 9.69 Å². The van der Waals surface area contributed by atoms with E-state index < -0.39 is 0 Å². The van der Waals surface area contributed by atoms with E-state index in [2.05, 4.69) is 17.1 Å². The molecule has 0 saturated carbocycles. The molecule has 1 N–H and O–H groups in total. The summed E-state index contributed by atoms with van der Waals surface area (Å²) in [6.45, 7) is 4.42. The number of unbranched alkanes of at least 4 members (excludes halogenated alkanes) is 3. The predicted molar refractivity (Wildman–Crippen MR) is 62.8 cm³/mol. The Kier molecular flexibility index (Phi) is 5.69. The third-order valence-corrected chi connectivity index (χ3v) is 3.21. The number of nitrogens with one attached hydrogen (secondary N) is 1. The maximum absolute atomic E-state index is 11.6. The fraction of sp³-hybridized carbons (Fsp3) is 0.917. The van der Waals surface area contributed by atoms with Gasteiger partial charge in [0, 0.05) is 7.05 Å². The summed E-state index contributed by atoms with van der Waals surface area (Å²) in [6, 6.07) is 0.150. The van der Waals surface area contributed by atoms with Crippen LogP contribution in [0, 0.1) is 0 Å². The summed E-state index contributed by atoms with van der Waals surface area (Å²) in [5.74, 6) is 0.197. The first-order chi connectivity index (χ1) is 7.29. The molecule has 1 rings (SSSR count). The quantitative estimate of drug-likeness (QED) is 0.681. The Hall–Kier alpha value is -0.570. The van der Waals surface area contributed by atoms with Gasteiger partial charge in [-0.25, -0.2) is 0 Å². The van der Waals surface area contributed by atoms with E-state index >= 15 is 0 Å². The van der Waals surface area contributed by atoms with Gasteiger partial charge in [0.15, 0.2) is 0 Å². The Balaban J connectivity index is 2.24. The van der Waals surface area contributed by atoms with Gasteiger partial charge in [-0.15, -0.1) is 0 Å². The molecule has 1 atom stereocenters. The molecule has 15 heavy (non-hydrogen) atoms. The van der Waals surface area contributed by atoms with E-state index in [0.29, 0.717) is 0 Å². The van der Waals surface area contributed by atoms with Gasteiger partial charge in [0.2, 0.25) is 5.91 Å². The summed E-state index contributed by atoms with van der Waals surface area (Å²) in [6.07, 6.45) is 7.34. The monoisotopic (exact) mass is 212 g/mol. The second kappa shape index (κ2) is 6.83. The van der Waals surface area contributed by atoms with Crippen LogP contribution in [0.25, 0.3) is 0 Å². The lowest BCUT2D eigenvalue weighted by Crippen LogP contribution is -2.42. The number of nitrogens with zero attached hydrogens (tertiary/aromatic N) is 1. The first kappa shape index (κ1) is 12.5. The lowest BCUT2D eigenvalue weighted by atomic mass is 10.1. The molecule has 1 aliphatic rings. The minimum absolute atomic E-state index is 0.150. The molecule has 1 amide bonds. The number of hydrogen-bond donors (Lipinski definition) is 1. The van der Waals surface area contributed by atoms with Gasteiger partial charge >= 0.3 is 0 Å². The van der Waals surface area contributed by atoms with E-state index in [1.54, 1.807) is 7.05 Å². The van der Waals surface area contributed by atoms with Gasteiger partial charge in [0.25, 0.3) is 0 Å². The van der Waals surface area contributed by atoms with Crippen LogP contribution in [0.3, 0.4) is 0 Å². The summed E-state index contributed by atoms with van der Waals surface area (Å²) in [4.78, 5) is 13.9. The zero-order valence-corrected chi connectivity index (χ0v) is 10.1. The zero-order chi connectivity index (χ0) is 11.1. The largest absolute Gasteiger partial charge is 0.358 e. The fourth-order valence-electron chi connectivity index (χ4n) is 2.30. The SMILES string of the molecule is CCCCCCN1CCCC1C(=O)NC. The Bertz CT molecular complexity index is 194. The predicted octanol–water partition coefficient (Wildman–Crippen LogP) is 1.78. The number of amides is 1. The van der Waals surface area contributed by atoms with Crippen LogP contribution < -0.4 is 5.32 Å². The molecule has 0 aromatic heterocycles. The molecule has 0 radical (unpaired) electrons. The van der Waals surface area contributed by atoms with Crippen molar-refractivity contribution in [2.24, 2.45) is 0 Å². The molecule has 3 heteroatoms. The van der Waals surface area contributed by atoms with Gasteiger partial charge < -0.3 is 5.32 Å². The van der Waals surface area contributed by atoms with E-state index in [0.717, 1.165) is 19.5 Å². The van der Waals surface area contributed by atoms with Crippen LogP contribution in [-0.2, 0) is 4.79 Å².